The maximum absolute atomic E-state index is 13.3. The zero-order chi connectivity index (χ0) is 19.1. The first-order valence-corrected chi connectivity index (χ1v) is 10.8. The lowest BCUT2D eigenvalue weighted by Gasteiger charge is -2.31. The molecule has 5 nitrogen and oxygen atoms in total. The molecule has 0 radical (unpaired) electrons. The summed E-state index contributed by atoms with van der Waals surface area (Å²) in [4.78, 5) is 19.2. The zero-order valence-electron chi connectivity index (χ0n) is 15.9. The van der Waals surface area contributed by atoms with Crippen molar-refractivity contribution in [2.45, 2.75) is 51.2 Å². The van der Waals surface area contributed by atoms with Gasteiger partial charge in [0.05, 0.1) is 16.6 Å². The predicted octanol–water partition coefficient (Wildman–Crippen LogP) is 5.26. The van der Waals surface area contributed by atoms with Crippen LogP contribution in [0.2, 0.25) is 0 Å². The number of allylic oxidation sites excluding steroid dienone is 1. The molecule has 1 N–H and O–H groups in total. The van der Waals surface area contributed by atoms with E-state index in [1.807, 2.05) is 31.2 Å². The number of nitrogens with one attached hydrogen (secondary N) is 1. The maximum atomic E-state index is 13.3. The number of thiophene rings is 1. The van der Waals surface area contributed by atoms with E-state index in [-0.39, 0.29) is 18.1 Å². The number of para-hydroxylation sites is 2. The van der Waals surface area contributed by atoms with Gasteiger partial charge in [0.2, 0.25) is 5.95 Å². The molecule has 0 bridgehead atoms. The molecule has 3 heterocycles. The summed E-state index contributed by atoms with van der Waals surface area (Å²) in [7, 11) is 0. The number of ether oxygens (including phenoxy) is 1. The number of fused-ring (bicyclic) bond motifs is 3. The lowest BCUT2D eigenvalue weighted by Crippen LogP contribution is -2.31. The monoisotopic (exact) mass is 393 g/mol. The van der Waals surface area contributed by atoms with Crippen molar-refractivity contribution in [1.82, 2.24) is 9.55 Å². The van der Waals surface area contributed by atoms with Crippen LogP contribution in [0, 0.1) is 0 Å². The molecule has 2 aliphatic rings. The normalized spacial score (nSPS) is 20.1. The first kappa shape index (κ1) is 17.5. The number of hydrogen-bond donors (Lipinski definition) is 1. The van der Waals surface area contributed by atoms with Gasteiger partial charge in [0.15, 0.2) is 0 Å². The highest BCUT2D eigenvalue weighted by Crippen LogP contribution is 2.41. The molecule has 1 aliphatic heterocycles. The average Bonchev–Trinajstić information content (AvgIpc) is 3.35. The van der Waals surface area contributed by atoms with Crippen LogP contribution in [0.3, 0.4) is 0 Å². The van der Waals surface area contributed by atoms with Crippen molar-refractivity contribution in [2.24, 2.45) is 0 Å². The topological polar surface area (TPSA) is 56.2 Å². The van der Waals surface area contributed by atoms with Gasteiger partial charge in [-0.25, -0.2) is 9.78 Å². The van der Waals surface area contributed by atoms with E-state index in [0.29, 0.717) is 5.57 Å². The second-order valence-corrected chi connectivity index (χ2v) is 8.52. The van der Waals surface area contributed by atoms with E-state index in [1.54, 1.807) is 11.3 Å². The predicted molar refractivity (Wildman–Crippen MR) is 111 cm³/mol. The fraction of sp³-hybridized carbons (Fsp3) is 0.364. The standard InChI is InChI=1S/C22H23N3O2S/c1-14-19(21(26)27-15-8-3-2-4-9-15)20(18-12-7-13-28-18)25-17-11-6-5-10-16(17)24-22(25)23-14/h5-7,10-13,15,20H,2-4,8-9H2,1H3,(H,23,24)/t20-/m0/s1. The van der Waals surface area contributed by atoms with Gasteiger partial charge in [-0.2, -0.15) is 0 Å². The van der Waals surface area contributed by atoms with Gasteiger partial charge in [-0.1, -0.05) is 24.6 Å². The highest BCUT2D eigenvalue weighted by atomic mass is 32.1. The quantitative estimate of drug-likeness (QED) is 0.617. The van der Waals surface area contributed by atoms with Crippen molar-refractivity contribution in [2.75, 3.05) is 5.32 Å². The Morgan fingerprint density at radius 2 is 2.00 bits per heavy atom. The highest BCUT2D eigenvalue weighted by molar-refractivity contribution is 7.10. The van der Waals surface area contributed by atoms with Crippen LogP contribution in [0.1, 0.15) is 49.9 Å². The van der Waals surface area contributed by atoms with Crippen molar-refractivity contribution < 1.29 is 9.53 Å². The van der Waals surface area contributed by atoms with Gasteiger partial charge in [0, 0.05) is 10.6 Å². The molecule has 2 aromatic heterocycles. The van der Waals surface area contributed by atoms with E-state index in [1.165, 1.54) is 6.42 Å². The van der Waals surface area contributed by atoms with Gasteiger partial charge in [0.25, 0.3) is 0 Å². The van der Waals surface area contributed by atoms with E-state index < -0.39 is 0 Å². The number of carbonyl (C=O) groups is 1. The third-order valence-electron chi connectivity index (χ3n) is 5.69. The van der Waals surface area contributed by atoms with Crippen LogP contribution in [0.5, 0.6) is 0 Å². The summed E-state index contributed by atoms with van der Waals surface area (Å²) in [6.45, 7) is 1.95. The van der Waals surface area contributed by atoms with E-state index in [2.05, 4.69) is 27.4 Å². The minimum Gasteiger partial charge on any atom is -0.459 e. The van der Waals surface area contributed by atoms with Gasteiger partial charge >= 0.3 is 5.97 Å². The van der Waals surface area contributed by atoms with Crippen molar-refractivity contribution in [3.05, 3.63) is 57.9 Å². The summed E-state index contributed by atoms with van der Waals surface area (Å²) < 4.78 is 8.10. The molecular formula is C22H23N3O2S. The summed E-state index contributed by atoms with van der Waals surface area (Å²) in [6, 6.07) is 11.9. The fourth-order valence-electron chi connectivity index (χ4n) is 4.34. The van der Waals surface area contributed by atoms with E-state index in [4.69, 9.17) is 9.72 Å². The Labute approximate surface area is 168 Å². The van der Waals surface area contributed by atoms with Crippen LogP contribution in [-0.2, 0) is 9.53 Å². The van der Waals surface area contributed by atoms with Crippen LogP contribution in [-0.4, -0.2) is 21.6 Å². The molecule has 0 spiro atoms. The lowest BCUT2D eigenvalue weighted by atomic mass is 9.97. The first-order chi connectivity index (χ1) is 13.7. The molecule has 0 amide bonds. The smallest absolute Gasteiger partial charge is 0.338 e. The lowest BCUT2D eigenvalue weighted by molar-refractivity contribution is -0.146. The second kappa shape index (κ2) is 7.09. The number of esters is 1. The molecule has 1 saturated carbocycles. The Morgan fingerprint density at radius 1 is 1.18 bits per heavy atom. The van der Waals surface area contributed by atoms with Gasteiger partial charge in [0.1, 0.15) is 12.1 Å². The van der Waals surface area contributed by atoms with Crippen molar-refractivity contribution in [1.29, 1.82) is 0 Å². The summed E-state index contributed by atoms with van der Waals surface area (Å²) in [5, 5.41) is 5.40. The van der Waals surface area contributed by atoms with Crippen LogP contribution in [0.25, 0.3) is 11.0 Å². The van der Waals surface area contributed by atoms with Crippen LogP contribution in [0.4, 0.5) is 5.95 Å². The Hall–Kier alpha value is -2.60. The Morgan fingerprint density at radius 3 is 2.79 bits per heavy atom. The largest absolute Gasteiger partial charge is 0.459 e. The number of anilines is 1. The molecule has 1 fully saturated rings. The summed E-state index contributed by atoms with van der Waals surface area (Å²) in [5.41, 5.74) is 3.44. The van der Waals surface area contributed by atoms with E-state index >= 15 is 0 Å². The molecule has 144 valence electrons. The van der Waals surface area contributed by atoms with Crippen LogP contribution in [0.15, 0.2) is 53.0 Å². The molecule has 1 aliphatic carbocycles. The van der Waals surface area contributed by atoms with Gasteiger partial charge < -0.3 is 10.1 Å². The molecule has 6 heteroatoms. The van der Waals surface area contributed by atoms with Crippen molar-refractivity contribution in [3.63, 3.8) is 0 Å². The first-order valence-electron chi connectivity index (χ1n) is 9.91. The second-order valence-electron chi connectivity index (χ2n) is 7.54. The molecule has 1 atom stereocenters. The number of nitrogens with zero attached hydrogens (tertiary/aromatic N) is 2. The van der Waals surface area contributed by atoms with Crippen LogP contribution >= 0.6 is 11.3 Å². The number of aromatic nitrogens is 2. The van der Waals surface area contributed by atoms with Crippen LogP contribution < -0.4 is 5.32 Å². The number of carbonyl (C=O) groups excluding carboxylic acids is 1. The summed E-state index contributed by atoms with van der Waals surface area (Å²) in [5.74, 6) is 0.560. The molecule has 3 aromatic rings. The molecule has 0 saturated heterocycles. The maximum Gasteiger partial charge on any atom is 0.338 e. The number of rotatable bonds is 3. The number of imidazole rings is 1. The van der Waals surface area contributed by atoms with Gasteiger partial charge in [-0.15, -0.1) is 11.3 Å². The van der Waals surface area contributed by atoms with Crippen molar-refractivity contribution in [3.8, 4) is 0 Å². The third-order valence-corrected chi connectivity index (χ3v) is 6.61. The molecule has 1 aromatic carbocycles. The highest BCUT2D eigenvalue weighted by Gasteiger charge is 2.36. The molecular weight excluding hydrogens is 370 g/mol. The van der Waals surface area contributed by atoms with Crippen molar-refractivity contribution >= 4 is 34.3 Å². The molecule has 0 unspecified atom stereocenters. The minimum absolute atomic E-state index is 0.0338. The average molecular weight is 394 g/mol. The molecule has 5 rings (SSSR count). The minimum atomic E-state index is -0.222. The Balaban J connectivity index is 1.60. The third kappa shape index (κ3) is 2.92. The molecule has 28 heavy (non-hydrogen) atoms. The number of hydrogen-bond acceptors (Lipinski definition) is 5. The SMILES string of the molecule is CC1=C(C(=O)OC2CCCCC2)[C@H](c2cccs2)n2c(nc3ccccc32)N1. The Bertz CT molecular complexity index is 1050. The zero-order valence-corrected chi connectivity index (χ0v) is 16.7. The fourth-order valence-corrected chi connectivity index (χ4v) is 5.17. The Kier molecular flexibility index (Phi) is 4.43. The van der Waals surface area contributed by atoms with Gasteiger partial charge in [-0.3, -0.25) is 4.57 Å². The summed E-state index contributed by atoms with van der Waals surface area (Å²) in [6.07, 6.45) is 5.48. The van der Waals surface area contributed by atoms with E-state index in [9.17, 15) is 4.79 Å². The summed E-state index contributed by atoms with van der Waals surface area (Å²) >= 11 is 1.66. The van der Waals surface area contributed by atoms with Gasteiger partial charge in [-0.05, 0) is 56.2 Å². The number of benzene rings is 1. The van der Waals surface area contributed by atoms with E-state index in [0.717, 1.165) is 53.2 Å².